The first-order chi connectivity index (χ1) is 8.83. The van der Waals surface area contributed by atoms with Gasteiger partial charge in [0.2, 0.25) is 0 Å². The van der Waals surface area contributed by atoms with Crippen molar-refractivity contribution in [1.29, 1.82) is 0 Å². The number of anilines is 2. The Morgan fingerprint density at radius 3 is 2.56 bits per heavy atom. The van der Waals surface area contributed by atoms with Gasteiger partial charge in [-0.25, -0.2) is 0 Å². The molecule has 18 heavy (non-hydrogen) atoms. The van der Waals surface area contributed by atoms with E-state index in [0.717, 1.165) is 22.7 Å². The molecule has 0 aliphatic rings. The number of nitrogens with one attached hydrogen (secondary N) is 1. The van der Waals surface area contributed by atoms with Crippen molar-refractivity contribution < 1.29 is 9.84 Å². The van der Waals surface area contributed by atoms with Gasteiger partial charge in [0, 0.05) is 24.0 Å². The molecule has 0 atom stereocenters. The van der Waals surface area contributed by atoms with E-state index >= 15 is 0 Å². The summed E-state index contributed by atoms with van der Waals surface area (Å²) in [5.74, 6) is 0.801. The van der Waals surface area contributed by atoms with Gasteiger partial charge < -0.3 is 15.2 Å². The normalized spacial score (nSPS) is 10.1. The predicted octanol–water partition coefficient (Wildman–Crippen LogP) is 2.97. The first kappa shape index (κ1) is 12.5. The predicted molar refractivity (Wildman–Crippen MR) is 73.5 cm³/mol. The fourth-order valence-electron chi connectivity index (χ4n) is 1.81. The Hall–Kier alpha value is -2.00. The number of aliphatic hydroxyl groups excluding tert-OH is 1. The number of ether oxygens (including phenoxy) is 1. The first-order valence-corrected chi connectivity index (χ1v) is 5.93. The van der Waals surface area contributed by atoms with Crippen LogP contribution in [0.5, 0.6) is 5.75 Å². The lowest BCUT2D eigenvalue weighted by atomic mass is 10.1. The Balaban J connectivity index is 2.28. The highest BCUT2D eigenvalue weighted by atomic mass is 16.5. The summed E-state index contributed by atoms with van der Waals surface area (Å²) >= 11 is 0. The molecule has 0 spiro atoms. The Kier molecular flexibility index (Phi) is 4.20. The average molecular weight is 243 g/mol. The van der Waals surface area contributed by atoms with E-state index < -0.39 is 0 Å². The molecule has 0 bridgehead atoms. The largest absolute Gasteiger partial charge is 0.497 e. The topological polar surface area (TPSA) is 41.5 Å². The molecule has 0 aliphatic heterocycles. The van der Waals surface area contributed by atoms with Crippen molar-refractivity contribution in [2.45, 2.75) is 6.42 Å². The van der Waals surface area contributed by atoms with Gasteiger partial charge in [-0.1, -0.05) is 24.3 Å². The number of aliphatic hydroxyl groups is 1. The number of benzene rings is 2. The van der Waals surface area contributed by atoms with E-state index in [0.29, 0.717) is 6.42 Å². The molecule has 3 nitrogen and oxygen atoms in total. The van der Waals surface area contributed by atoms with Crippen LogP contribution in [0, 0.1) is 0 Å². The fraction of sp³-hybridized carbons (Fsp3) is 0.200. The van der Waals surface area contributed by atoms with Crippen molar-refractivity contribution in [3.05, 3.63) is 54.1 Å². The molecule has 2 aromatic carbocycles. The maximum atomic E-state index is 9.08. The summed E-state index contributed by atoms with van der Waals surface area (Å²) in [6.07, 6.45) is 0.624. The van der Waals surface area contributed by atoms with Crippen molar-refractivity contribution >= 4 is 11.4 Å². The summed E-state index contributed by atoms with van der Waals surface area (Å²) in [4.78, 5) is 0. The van der Waals surface area contributed by atoms with Crippen molar-refractivity contribution in [3.63, 3.8) is 0 Å². The lowest BCUT2D eigenvalue weighted by molar-refractivity contribution is 0.299. The second kappa shape index (κ2) is 6.07. The third kappa shape index (κ3) is 3.02. The van der Waals surface area contributed by atoms with Crippen LogP contribution in [0.4, 0.5) is 11.4 Å². The minimum atomic E-state index is 0.135. The van der Waals surface area contributed by atoms with Crippen molar-refractivity contribution in [2.24, 2.45) is 0 Å². The highest BCUT2D eigenvalue weighted by Gasteiger charge is 2.04. The standard InChI is InChI=1S/C15H17NO2/c1-18-14-8-7-12(9-10-17)15(11-14)16-13-5-3-2-4-6-13/h2-8,11,16-17H,9-10H2,1H3. The van der Waals surface area contributed by atoms with Gasteiger partial charge in [-0.3, -0.25) is 0 Å². The summed E-state index contributed by atoms with van der Waals surface area (Å²) in [6, 6.07) is 15.8. The van der Waals surface area contributed by atoms with Gasteiger partial charge in [0.05, 0.1) is 7.11 Å². The van der Waals surface area contributed by atoms with Gasteiger partial charge in [-0.15, -0.1) is 0 Å². The molecule has 2 rings (SSSR count). The molecule has 0 radical (unpaired) electrons. The van der Waals surface area contributed by atoms with E-state index in [2.05, 4.69) is 5.32 Å². The minimum absolute atomic E-state index is 0.135. The summed E-state index contributed by atoms with van der Waals surface area (Å²) in [5.41, 5.74) is 3.06. The van der Waals surface area contributed by atoms with Crippen LogP contribution in [0.1, 0.15) is 5.56 Å². The number of hydrogen-bond donors (Lipinski definition) is 2. The maximum absolute atomic E-state index is 9.08. The van der Waals surface area contributed by atoms with Crippen molar-refractivity contribution in [2.75, 3.05) is 19.0 Å². The van der Waals surface area contributed by atoms with Crippen LogP contribution >= 0.6 is 0 Å². The third-order valence-electron chi connectivity index (χ3n) is 2.75. The monoisotopic (exact) mass is 243 g/mol. The lowest BCUT2D eigenvalue weighted by Crippen LogP contribution is -1.99. The Labute approximate surface area is 107 Å². The zero-order valence-electron chi connectivity index (χ0n) is 10.4. The molecule has 0 fully saturated rings. The van der Waals surface area contributed by atoms with Crippen LogP contribution in [0.2, 0.25) is 0 Å². The second-order valence-corrected chi connectivity index (χ2v) is 3.99. The van der Waals surface area contributed by atoms with Crippen molar-refractivity contribution in [3.8, 4) is 5.75 Å². The Morgan fingerprint density at radius 1 is 1.11 bits per heavy atom. The number of rotatable bonds is 5. The zero-order chi connectivity index (χ0) is 12.8. The van der Waals surface area contributed by atoms with E-state index in [1.54, 1.807) is 7.11 Å². The van der Waals surface area contributed by atoms with Crippen LogP contribution < -0.4 is 10.1 Å². The molecule has 0 aliphatic carbocycles. The van der Waals surface area contributed by atoms with Gasteiger partial charge in [0.1, 0.15) is 5.75 Å². The Bertz CT molecular complexity index is 497. The molecule has 0 unspecified atom stereocenters. The first-order valence-electron chi connectivity index (χ1n) is 5.93. The van der Waals surface area contributed by atoms with Crippen LogP contribution in [0.3, 0.4) is 0 Å². The molecule has 0 aromatic heterocycles. The van der Waals surface area contributed by atoms with E-state index in [-0.39, 0.29) is 6.61 Å². The van der Waals surface area contributed by atoms with Crippen LogP contribution in [0.25, 0.3) is 0 Å². The molecule has 3 heteroatoms. The zero-order valence-corrected chi connectivity index (χ0v) is 10.4. The molecule has 94 valence electrons. The van der Waals surface area contributed by atoms with E-state index in [9.17, 15) is 0 Å². The van der Waals surface area contributed by atoms with E-state index in [1.807, 2.05) is 48.5 Å². The summed E-state index contributed by atoms with van der Waals surface area (Å²) in [6.45, 7) is 0.135. The maximum Gasteiger partial charge on any atom is 0.120 e. The van der Waals surface area contributed by atoms with E-state index in [4.69, 9.17) is 9.84 Å². The van der Waals surface area contributed by atoms with Crippen molar-refractivity contribution in [1.82, 2.24) is 0 Å². The van der Waals surface area contributed by atoms with Gasteiger partial charge >= 0.3 is 0 Å². The second-order valence-electron chi connectivity index (χ2n) is 3.99. The highest BCUT2D eigenvalue weighted by molar-refractivity contribution is 5.65. The number of hydrogen-bond acceptors (Lipinski definition) is 3. The molecular formula is C15H17NO2. The molecular weight excluding hydrogens is 226 g/mol. The molecule has 2 N–H and O–H groups in total. The van der Waals surface area contributed by atoms with Gasteiger partial charge in [-0.05, 0) is 30.2 Å². The minimum Gasteiger partial charge on any atom is -0.497 e. The molecule has 0 amide bonds. The fourth-order valence-corrected chi connectivity index (χ4v) is 1.81. The summed E-state index contributed by atoms with van der Waals surface area (Å²) in [5, 5.41) is 12.4. The molecule has 2 aromatic rings. The average Bonchev–Trinajstić information content (AvgIpc) is 2.42. The lowest BCUT2D eigenvalue weighted by Gasteiger charge is -2.13. The molecule has 0 saturated carbocycles. The number of para-hydroxylation sites is 1. The number of methoxy groups -OCH3 is 1. The van der Waals surface area contributed by atoms with Gasteiger partial charge in [0.15, 0.2) is 0 Å². The van der Waals surface area contributed by atoms with Crippen LogP contribution in [-0.4, -0.2) is 18.8 Å². The van der Waals surface area contributed by atoms with Gasteiger partial charge in [0.25, 0.3) is 0 Å². The molecule has 0 heterocycles. The smallest absolute Gasteiger partial charge is 0.120 e. The van der Waals surface area contributed by atoms with Crippen LogP contribution in [-0.2, 0) is 6.42 Å². The summed E-state index contributed by atoms with van der Waals surface area (Å²) in [7, 11) is 1.65. The third-order valence-corrected chi connectivity index (χ3v) is 2.75. The van der Waals surface area contributed by atoms with Crippen LogP contribution in [0.15, 0.2) is 48.5 Å². The summed E-state index contributed by atoms with van der Waals surface area (Å²) < 4.78 is 5.22. The Morgan fingerprint density at radius 2 is 1.89 bits per heavy atom. The quantitative estimate of drug-likeness (QED) is 0.848. The van der Waals surface area contributed by atoms with E-state index in [1.165, 1.54) is 0 Å². The SMILES string of the molecule is COc1ccc(CCO)c(Nc2ccccc2)c1. The van der Waals surface area contributed by atoms with Gasteiger partial charge in [-0.2, -0.15) is 0 Å². The molecule has 0 saturated heterocycles. The highest BCUT2D eigenvalue weighted by Crippen LogP contribution is 2.26.